The average molecular weight is 346 g/mol. The van der Waals surface area contributed by atoms with Crippen LogP contribution in [0.15, 0.2) is 18.2 Å². The molecule has 3 rings (SSSR count). The molecular formula is C19H26N2O4. The van der Waals surface area contributed by atoms with E-state index < -0.39 is 0 Å². The Hall–Kier alpha value is -2.08. The lowest BCUT2D eigenvalue weighted by Gasteiger charge is -2.31. The molecule has 25 heavy (non-hydrogen) atoms. The molecular weight excluding hydrogens is 320 g/mol. The maximum absolute atomic E-state index is 12.4. The quantitative estimate of drug-likeness (QED) is 0.909. The van der Waals surface area contributed by atoms with Crippen LogP contribution in [0.2, 0.25) is 0 Å². The minimum absolute atomic E-state index is 0.000705. The van der Waals surface area contributed by atoms with Crippen LogP contribution in [0.1, 0.15) is 39.2 Å². The van der Waals surface area contributed by atoms with E-state index in [0.29, 0.717) is 18.0 Å². The number of hydrogen-bond donors (Lipinski definition) is 1. The van der Waals surface area contributed by atoms with Gasteiger partial charge in [0.05, 0.1) is 18.3 Å². The molecule has 1 aromatic rings. The Morgan fingerprint density at radius 1 is 1.36 bits per heavy atom. The Kier molecular flexibility index (Phi) is 4.99. The van der Waals surface area contributed by atoms with Gasteiger partial charge in [-0.3, -0.25) is 14.5 Å². The first-order chi connectivity index (χ1) is 11.8. The fourth-order valence-corrected chi connectivity index (χ4v) is 3.11. The molecule has 2 amide bonds. The van der Waals surface area contributed by atoms with E-state index in [1.165, 1.54) is 4.90 Å². The predicted molar refractivity (Wildman–Crippen MR) is 95.0 cm³/mol. The fourth-order valence-electron chi connectivity index (χ4n) is 3.11. The number of carbonyl (C=O) groups is 2. The average Bonchev–Trinajstić information content (AvgIpc) is 2.57. The van der Waals surface area contributed by atoms with Crippen LogP contribution in [0.4, 0.5) is 5.69 Å². The van der Waals surface area contributed by atoms with E-state index in [1.807, 2.05) is 18.2 Å². The largest absolute Gasteiger partial charge is 0.482 e. The van der Waals surface area contributed by atoms with E-state index in [9.17, 15) is 9.59 Å². The summed E-state index contributed by atoms with van der Waals surface area (Å²) in [5.41, 5.74) is 1.71. The lowest BCUT2D eigenvalue weighted by molar-refractivity contribution is -0.126. The van der Waals surface area contributed by atoms with Gasteiger partial charge in [-0.25, -0.2) is 0 Å². The minimum atomic E-state index is -0.200. The van der Waals surface area contributed by atoms with Crippen LogP contribution in [0, 0.1) is 0 Å². The number of anilines is 1. The van der Waals surface area contributed by atoms with Gasteiger partial charge in [0, 0.05) is 6.61 Å². The van der Waals surface area contributed by atoms with Crippen LogP contribution < -0.4 is 15.0 Å². The molecule has 1 saturated heterocycles. The molecule has 6 nitrogen and oxygen atoms in total. The summed E-state index contributed by atoms with van der Waals surface area (Å²) in [5.74, 6) is 0.271. The molecule has 1 atom stereocenters. The first-order valence-corrected chi connectivity index (χ1v) is 8.79. The first-order valence-electron chi connectivity index (χ1n) is 8.79. The molecule has 6 heteroatoms. The van der Waals surface area contributed by atoms with Crippen molar-refractivity contribution in [3.05, 3.63) is 23.8 Å². The molecule has 2 heterocycles. The van der Waals surface area contributed by atoms with Gasteiger partial charge in [0.25, 0.3) is 5.91 Å². The highest BCUT2D eigenvalue weighted by molar-refractivity contribution is 6.02. The maximum atomic E-state index is 12.4. The van der Waals surface area contributed by atoms with Gasteiger partial charge in [-0.05, 0) is 36.0 Å². The number of amides is 2. The molecule has 0 saturated carbocycles. The summed E-state index contributed by atoms with van der Waals surface area (Å²) in [7, 11) is 0. The summed E-state index contributed by atoms with van der Waals surface area (Å²) in [4.78, 5) is 26.3. The Balaban J connectivity index is 1.77. The topological polar surface area (TPSA) is 67.9 Å². The van der Waals surface area contributed by atoms with E-state index in [-0.39, 0.29) is 36.4 Å². The van der Waals surface area contributed by atoms with Crippen LogP contribution in [0.3, 0.4) is 0 Å². The molecule has 0 spiro atoms. The lowest BCUT2D eigenvalue weighted by atomic mass is 9.86. The lowest BCUT2D eigenvalue weighted by Crippen LogP contribution is -2.49. The molecule has 136 valence electrons. The van der Waals surface area contributed by atoms with Crippen molar-refractivity contribution < 1.29 is 19.1 Å². The number of nitrogens with zero attached hydrogens (tertiary/aromatic N) is 1. The second-order valence-corrected chi connectivity index (χ2v) is 7.68. The van der Waals surface area contributed by atoms with Crippen molar-refractivity contribution >= 4 is 17.5 Å². The standard InChI is InChI=1S/C19H26N2O4/c1-19(2,3)13-6-7-16-15(9-13)21(18(23)12-25-16)10-17(22)20-14-5-4-8-24-11-14/h6-7,9,14H,4-5,8,10-12H2,1-3H3,(H,20,22)/t14-/m1/s1. The van der Waals surface area contributed by atoms with E-state index in [1.54, 1.807) is 0 Å². The molecule has 1 aromatic carbocycles. The summed E-state index contributed by atoms with van der Waals surface area (Å²) in [6, 6.07) is 5.86. The van der Waals surface area contributed by atoms with Crippen molar-refractivity contribution in [2.45, 2.75) is 45.1 Å². The van der Waals surface area contributed by atoms with Crippen molar-refractivity contribution in [3.63, 3.8) is 0 Å². The third-order valence-electron chi connectivity index (χ3n) is 4.60. The molecule has 2 aliphatic heterocycles. The van der Waals surface area contributed by atoms with Crippen LogP contribution in [-0.2, 0) is 19.7 Å². The van der Waals surface area contributed by atoms with Crippen LogP contribution in [0.5, 0.6) is 5.75 Å². The van der Waals surface area contributed by atoms with Gasteiger partial charge in [0.1, 0.15) is 12.3 Å². The van der Waals surface area contributed by atoms with Crippen molar-refractivity contribution in [3.8, 4) is 5.75 Å². The Bertz CT molecular complexity index is 660. The second kappa shape index (κ2) is 7.04. The van der Waals surface area contributed by atoms with E-state index in [4.69, 9.17) is 9.47 Å². The van der Waals surface area contributed by atoms with E-state index >= 15 is 0 Å². The zero-order valence-corrected chi connectivity index (χ0v) is 15.1. The number of hydrogen-bond acceptors (Lipinski definition) is 4. The Labute approximate surface area is 148 Å². The molecule has 0 radical (unpaired) electrons. The molecule has 0 unspecified atom stereocenters. The highest BCUT2D eigenvalue weighted by Crippen LogP contribution is 2.36. The third kappa shape index (κ3) is 4.12. The van der Waals surface area contributed by atoms with Gasteiger partial charge >= 0.3 is 0 Å². The SMILES string of the molecule is CC(C)(C)c1ccc2c(c1)N(CC(=O)N[C@@H]1CCCOC1)C(=O)CO2. The highest BCUT2D eigenvalue weighted by Gasteiger charge is 2.29. The summed E-state index contributed by atoms with van der Waals surface area (Å²) in [5, 5.41) is 2.96. The Morgan fingerprint density at radius 2 is 2.16 bits per heavy atom. The van der Waals surface area contributed by atoms with Crippen LogP contribution in [0.25, 0.3) is 0 Å². The molecule has 0 aromatic heterocycles. The minimum Gasteiger partial charge on any atom is -0.482 e. The number of fused-ring (bicyclic) bond motifs is 1. The smallest absolute Gasteiger partial charge is 0.265 e. The van der Waals surface area contributed by atoms with Crippen molar-refractivity contribution in [2.75, 3.05) is 31.3 Å². The van der Waals surface area contributed by atoms with Gasteiger partial charge in [-0.1, -0.05) is 26.8 Å². The molecule has 0 bridgehead atoms. The van der Waals surface area contributed by atoms with Gasteiger partial charge in [0.15, 0.2) is 6.61 Å². The van der Waals surface area contributed by atoms with Crippen LogP contribution in [-0.4, -0.2) is 44.2 Å². The molecule has 1 N–H and O–H groups in total. The molecule has 1 fully saturated rings. The van der Waals surface area contributed by atoms with Crippen molar-refractivity contribution in [1.29, 1.82) is 0 Å². The second-order valence-electron chi connectivity index (χ2n) is 7.68. The van der Waals surface area contributed by atoms with Crippen molar-refractivity contribution in [2.24, 2.45) is 0 Å². The summed E-state index contributed by atoms with van der Waals surface area (Å²) in [6.45, 7) is 7.58. The van der Waals surface area contributed by atoms with Gasteiger partial charge in [-0.15, -0.1) is 0 Å². The number of nitrogens with one attached hydrogen (secondary N) is 1. The molecule has 0 aliphatic carbocycles. The van der Waals surface area contributed by atoms with Gasteiger partial charge in [-0.2, -0.15) is 0 Å². The number of benzene rings is 1. The molecule has 2 aliphatic rings. The van der Waals surface area contributed by atoms with Crippen LogP contribution >= 0.6 is 0 Å². The zero-order chi connectivity index (χ0) is 18.0. The number of carbonyl (C=O) groups excluding carboxylic acids is 2. The van der Waals surface area contributed by atoms with Crippen molar-refractivity contribution in [1.82, 2.24) is 5.32 Å². The third-order valence-corrected chi connectivity index (χ3v) is 4.60. The fraction of sp³-hybridized carbons (Fsp3) is 0.579. The highest BCUT2D eigenvalue weighted by atomic mass is 16.5. The van der Waals surface area contributed by atoms with E-state index in [0.717, 1.165) is 25.0 Å². The summed E-state index contributed by atoms with van der Waals surface area (Å²) in [6.07, 6.45) is 1.85. The first kappa shape index (κ1) is 17.7. The number of ether oxygens (including phenoxy) is 2. The number of rotatable bonds is 3. The van der Waals surface area contributed by atoms with E-state index in [2.05, 4.69) is 26.1 Å². The summed E-state index contributed by atoms with van der Waals surface area (Å²) >= 11 is 0. The van der Waals surface area contributed by atoms with Gasteiger partial charge in [0.2, 0.25) is 5.91 Å². The zero-order valence-electron chi connectivity index (χ0n) is 15.1. The Morgan fingerprint density at radius 3 is 2.84 bits per heavy atom. The summed E-state index contributed by atoms with van der Waals surface area (Å²) < 4.78 is 10.9. The normalized spacial score (nSPS) is 20.7. The maximum Gasteiger partial charge on any atom is 0.265 e. The van der Waals surface area contributed by atoms with Gasteiger partial charge < -0.3 is 14.8 Å². The predicted octanol–water partition coefficient (Wildman–Crippen LogP) is 2.00. The monoisotopic (exact) mass is 346 g/mol.